The Morgan fingerprint density at radius 3 is 2.60 bits per heavy atom. The van der Waals surface area contributed by atoms with E-state index in [-0.39, 0.29) is 18.2 Å². The maximum Gasteiger partial charge on any atom is 0.303 e. The zero-order valence-corrected chi connectivity index (χ0v) is 15.2. The molecule has 1 saturated heterocycles. The van der Waals surface area contributed by atoms with Gasteiger partial charge in [0.25, 0.3) is 0 Å². The Hall–Kier alpha value is -2.02. The predicted octanol–water partition coefficient (Wildman–Crippen LogP) is 2.73. The van der Waals surface area contributed by atoms with Crippen molar-refractivity contribution in [1.29, 1.82) is 0 Å². The Kier molecular flexibility index (Phi) is 7.31. The van der Waals surface area contributed by atoms with Gasteiger partial charge in [0, 0.05) is 24.3 Å². The van der Waals surface area contributed by atoms with Gasteiger partial charge in [-0.05, 0) is 30.5 Å². The molecule has 1 unspecified atom stereocenters. The number of hydrogen-bond acceptors (Lipinski definition) is 4. The van der Waals surface area contributed by atoms with E-state index >= 15 is 0 Å². The molecule has 1 aliphatic heterocycles. The van der Waals surface area contributed by atoms with Gasteiger partial charge in [-0.25, -0.2) is 0 Å². The van der Waals surface area contributed by atoms with E-state index in [1.165, 1.54) is 0 Å². The van der Waals surface area contributed by atoms with Crippen molar-refractivity contribution in [2.45, 2.75) is 45.1 Å². The third-order valence-electron chi connectivity index (χ3n) is 4.10. The van der Waals surface area contributed by atoms with E-state index in [4.69, 9.17) is 5.11 Å². The molecule has 0 saturated carbocycles. The number of amides is 2. The van der Waals surface area contributed by atoms with Crippen LogP contribution in [0.2, 0.25) is 0 Å². The van der Waals surface area contributed by atoms with Crippen LogP contribution >= 0.6 is 11.8 Å². The Morgan fingerprint density at radius 1 is 1.24 bits per heavy atom. The first-order valence-corrected chi connectivity index (χ1v) is 9.65. The van der Waals surface area contributed by atoms with Crippen LogP contribution in [0.3, 0.4) is 0 Å². The number of rotatable bonds is 8. The van der Waals surface area contributed by atoms with Crippen molar-refractivity contribution in [3.63, 3.8) is 0 Å². The van der Waals surface area contributed by atoms with Crippen molar-refractivity contribution in [1.82, 2.24) is 4.90 Å². The van der Waals surface area contributed by atoms with Gasteiger partial charge >= 0.3 is 5.97 Å². The number of carbonyl (C=O) groups excluding carboxylic acids is 2. The highest BCUT2D eigenvalue weighted by atomic mass is 32.2. The van der Waals surface area contributed by atoms with Gasteiger partial charge in [0.2, 0.25) is 11.8 Å². The Bertz CT molecular complexity index is 618. The number of benzene rings is 1. The number of hydrogen-bond donors (Lipinski definition) is 2. The summed E-state index contributed by atoms with van der Waals surface area (Å²) < 4.78 is 0. The van der Waals surface area contributed by atoms with Gasteiger partial charge in [0.1, 0.15) is 6.04 Å². The lowest BCUT2D eigenvalue weighted by Gasteiger charge is -2.23. The van der Waals surface area contributed by atoms with Crippen molar-refractivity contribution >= 4 is 35.2 Å². The minimum absolute atomic E-state index is 0.0380. The molecule has 1 atom stereocenters. The van der Waals surface area contributed by atoms with Gasteiger partial charge in [-0.1, -0.05) is 25.5 Å². The first kappa shape index (κ1) is 19.3. The summed E-state index contributed by atoms with van der Waals surface area (Å²) in [7, 11) is 0. The number of aryl methyl sites for hydroxylation is 1. The molecule has 1 aromatic rings. The molecule has 0 bridgehead atoms. The van der Waals surface area contributed by atoms with Gasteiger partial charge in [0.15, 0.2) is 0 Å². The molecule has 1 aromatic carbocycles. The number of unbranched alkanes of at least 4 members (excludes halogenated alkanes) is 1. The number of nitrogens with zero attached hydrogens (tertiary/aromatic N) is 1. The molecule has 2 amide bonds. The molecule has 0 aliphatic carbocycles. The molecule has 2 N–H and O–H groups in total. The van der Waals surface area contributed by atoms with Gasteiger partial charge in [0.05, 0.1) is 5.88 Å². The van der Waals surface area contributed by atoms with Crippen molar-refractivity contribution in [3.05, 3.63) is 29.8 Å². The van der Waals surface area contributed by atoms with E-state index in [0.29, 0.717) is 30.2 Å². The maximum atomic E-state index is 12.5. The smallest absolute Gasteiger partial charge is 0.303 e. The van der Waals surface area contributed by atoms with E-state index < -0.39 is 12.0 Å². The SMILES string of the molecule is CCCCC(=O)N1CSCC1C(=O)Nc1ccc(CCC(=O)O)cc1. The number of aliphatic carboxylic acids is 1. The molecule has 0 radical (unpaired) electrons. The summed E-state index contributed by atoms with van der Waals surface area (Å²) in [5.74, 6) is 0.211. The second-order valence-corrected chi connectivity index (χ2v) is 7.06. The molecule has 1 heterocycles. The average Bonchev–Trinajstić information content (AvgIpc) is 3.09. The van der Waals surface area contributed by atoms with E-state index in [0.717, 1.165) is 18.4 Å². The van der Waals surface area contributed by atoms with Gasteiger partial charge in [-0.15, -0.1) is 11.8 Å². The van der Waals surface area contributed by atoms with Crippen LogP contribution < -0.4 is 5.32 Å². The molecule has 1 fully saturated rings. The summed E-state index contributed by atoms with van der Waals surface area (Å²) in [6, 6.07) is 6.72. The molecule has 136 valence electrons. The fraction of sp³-hybridized carbons (Fsp3) is 0.500. The lowest BCUT2D eigenvalue weighted by Crippen LogP contribution is -2.44. The Balaban J connectivity index is 1.91. The molecular formula is C18H24N2O4S. The molecule has 0 spiro atoms. The van der Waals surface area contributed by atoms with Crippen LogP contribution in [0.25, 0.3) is 0 Å². The van der Waals surface area contributed by atoms with E-state index in [1.807, 2.05) is 19.1 Å². The summed E-state index contributed by atoms with van der Waals surface area (Å²) in [6.07, 6.45) is 2.82. The minimum Gasteiger partial charge on any atom is -0.481 e. The first-order chi connectivity index (χ1) is 12.0. The fourth-order valence-corrected chi connectivity index (χ4v) is 3.79. The highest BCUT2D eigenvalue weighted by molar-refractivity contribution is 7.99. The monoisotopic (exact) mass is 364 g/mol. The second-order valence-electron chi connectivity index (χ2n) is 6.06. The largest absolute Gasteiger partial charge is 0.481 e. The van der Waals surface area contributed by atoms with Crippen LogP contribution in [0.15, 0.2) is 24.3 Å². The highest BCUT2D eigenvalue weighted by Crippen LogP contribution is 2.23. The van der Waals surface area contributed by atoms with Crippen molar-refractivity contribution in [2.24, 2.45) is 0 Å². The molecular weight excluding hydrogens is 340 g/mol. The molecule has 25 heavy (non-hydrogen) atoms. The number of nitrogens with one attached hydrogen (secondary N) is 1. The first-order valence-electron chi connectivity index (χ1n) is 8.50. The van der Waals surface area contributed by atoms with Crippen LogP contribution in [-0.2, 0) is 20.8 Å². The second kappa shape index (κ2) is 9.46. The van der Waals surface area contributed by atoms with Gasteiger partial charge in [-0.2, -0.15) is 0 Å². The van der Waals surface area contributed by atoms with Gasteiger partial charge < -0.3 is 15.3 Å². The van der Waals surface area contributed by atoms with Crippen LogP contribution in [0.1, 0.15) is 38.2 Å². The number of carboxylic acid groups (broad SMARTS) is 1. The summed E-state index contributed by atoms with van der Waals surface area (Å²) in [5.41, 5.74) is 1.56. The summed E-state index contributed by atoms with van der Waals surface area (Å²) in [5, 5.41) is 11.6. The zero-order chi connectivity index (χ0) is 18.2. The van der Waals surface area contributed by atoms with Crippen LogP contribution in [-0.4, -0.2) is 45.5 Å². The summed E-state index contributed by atoms with van der Waals surface area (Å²) in [4.78, 5) is 37.0. The molecule has 7 heteroatoms. The van der Waals surface area contributed by atoms with E-state index in [2.05, 4.69) is 5.32 Å². The molecule has 2 rings (SSSR count). The fourth-order valence-electron chi connectivity index (χ4n) is 2.61. The number of thioether (sulfide) groups is 1. The van der Waals surface area contributed by atoms with E-state index in [9.17, 15) is 14.4 Å². The summed E-state index contributed by atoms with van der Waals surface area (Å²) >= 11 is 1.59. The standard InChI is InChI=1S/C18H24N2O4S/c1-2-3-4-16(21)20-12-25-11-15(20)18(24)19-14-8-5-13(6-9-14)7-10-17(22)23/h5-6,8-9,15H,2-4,7,10-12H2,1H3,(H,19,24)(H,22,23). The average molecular weight is 364 g/mol. The number of anilines is 1. The van der Waals surface area contributed by atoms with Crippen LogP contribution in [0, 0.1) is 0 Å². The van der Waals surface area contributed by atoms with Crippen LogP contribution in [0.4, 0.5) is 5.69 Å². The lowest BCUT2D eigenvalue weighted by molar-refractivity contribution is -0.137. The van der Waals surface area contributed by atoms with Crippen molar-refractivity contribution in [2.75, 3.05) is 16.9 Å². The quantitative estimate of drug-likeness (QED) is 0.741. The van der Waals surface area contributed by atoms with Crippen molar-refractivity contribution < 1.29 is 19.5 Å². The minimum atomic E-state index is -0.830. The highest BCUT2D eigenvalue weighted by Gasteiger charge is 2.34. The number of carbonyl (C=O) groups is 3. The van der Waals surface area contributed by atoms with Crippen molar-refractivity contribution in [3.8, 4) is 0 Å². The van der Waals surface area contributed by atoms with E-state index in [1.54, 1.807) is 28.8 Å². The maximum absolute atomic E-state index is 12.5. The van der Waals surface area contributed by atoms with Gasteiger partial charge in [-0.3, -0.25) is 14.4 Å². The molecule has 1 aliphatic rings. The number of carboxylic acids is 1. The molecule has 0 aromatic heterocycles. The lowest BCUT2D eigenvalue weighted by atomic mass is 10.1. The predicted molar refractivity (Wildman–Crippen MR) is 98.5 cm³/mol. The Morgan fingerprint density at radius 2 is 1.96 bits per heavy atom. The summed E-state index contributed by atoms with van der Waals surface area (Å²) in [6.45, 7) is 2.04. The molecule has 6 nitrogen and oxygen atoms in total. The zero-order valence-electron chi connectivity index (χ0n) is 14.4. The Labute approximate surface area is 152 Å². The normalized spacial score (nSPS) is 16.7. The van der Waals surface area contributed by atoms with Crippen LogP contribution in [0.5, 0.6) is 0 Å². The topological polar surface area (TPSA) is 86.7 Å². The third kappa shape index (κ3) is 5.77. The third-order valence-corrected chi connectivity index (χ3v) is 5.11.